The van der Waals surface area contributed by atoms with Gasteiger partial charge in [-0.25, -0.2) is 9.97 Å². The van der Waals surface area contributed by atoms with Crippen molar-refractivity contribution < 1.29 is 4.74 Å². The highest BCUT2D eigenvalue weighted by atomic mass is 35.5. The zero-order chi connectivity index (χ0) is 13.1. The largest absolute Gasteiger partial charge is 0.484 e. The molecule has 2 heterocycles. The van der Waals surface area contributed by atoms with E-state index in [4.69, 9.17) is 16.3 Å². The van der Waals surface area contributed by atoms with E-state index in [0.717, 1.165) is 16.6 Å². The maximum absolute atomic E-state index is 5.93. The van der Waals surface area contributed by atoms with Crippen molar-refractivity contribution in [2.75, 3.05) is 0 Å². The molecule has 0 aliphatic carbocycles. The number of rotatable bonds is 3. The lowest BCUT2D eigenvalue weighted by Gasteiger charge is -2.07. The number of pyridine rings is 2. The number of halogens is 1. The molecule has 3 aromatic rings. The number of nitrogens with zero attached hydrogens (tertiary/aromatic N) is 2. The van der Waals surface area contributed by atoms with Crippen LogP contribution in [0, 0.1) is 0 Å². The van der Waals surface area contributed by atoms with Gasteiger partial charge in [0.05, 0.1) is 11.2 Å². The lowest BCUT2D eigenvalue weighted by Crippen LogP contribution is -1.99. The van der Waals surface area contributed by atoms with E-state index in [9.17, 15) is 0 Å². The molecule has 0 aliphatic rings. The van der Waals surface area contributed by atoms with Crippen LogP contribution in [-0.2, 0) is 6.61 Å². The molecule has 4 heteroatoms. The minimum Gasteiger partial charge on any atom is -0.484 e. The molecule has 3 nitrogen and oxygen atoms in total. The summed E-state index contributed by atoms with van der Waals surface area (Å²) in [7, 11) is 0. The van der Waals surface area contributed by atoms with Gasteiger partial charge in [-0.05, 0) is 24.3 Å². The van der Waals surface area contributed by atoms with Crippen molar-refractivity contribution in [3.63, 3.8) is 0 Å². The first kappa shape index (κ1) is 11.9. The highest BCUT2D eigenvalue weighted by Crippen LogP contribution is 2.21. The summed E-state index contributed by atoms with van der Waals surface area (Å²) in [6.07, 6.45) is 1.63. The Kier molecular flexibility index (Phi) is 3.29. The molecule has 0 atom stereocenters. The van der Waals surface area contributed by atoms with E-state index in [1.165, 1.54) is 0 Å². The SMILES string of the molecule is Clc1ncccc1OCc1ccc2ccccc2n1. The van der Waals surface area contributed by atoms with Crippen molar-refractivity contribution >= 4 is 22.5 Å². The van der Waals surface area contributed by atoms with Crippen LogP contribution in [0.25, 0.3) is 10.9 Å². The summed E-state index contributed by atoms with van der Waals surface area (Å²) in [4.78, 5) is 8.49. The molecule has 0 spiro atoms. The Morgan fingerprint density at radius 3 is 2.79 bits per heavy atom. The van der Waals surface area contributed by atoms with Gasteiger partial charge in [-0.15, -0.1) is 0 Å². The minimum absolute atomic E-state index is 0.364. The van der Waals surface area contributed by atoms with Crippen LogP contribution in [0.1, 0.15) is 5.69 Å². The summed E-state index contributed by atoms with van der Waals surface area (Å²) in [6, 6.07) is 15.5. The zero-order valence-corrected chi connectivity index (χ0v) is 10.8. The Labute approximate surface area is 115 Å². The van der Waals surface area contributed by atoms with Gasteiger partial charge in [-0.2, -0.15) is 0 Å². The van der Waals surface area contributed by atoms with E-state index in [1.807, 2.05) is 36.4 Å². The number of benzene rings is 1. The van der Waals surface area contributed by atoms with Crippen LogP contribution in [0.15, 0.2) is 54.7 Å². The molecule has 94 valence electrons. The van der Waals surface area contributed by atoms with Crippen molar-refractivity contribution in [2.24, 2.45) is 0 Å². The van der Waals surface area contributed by atoms with Gasteiger partial charge >= 0.3 is 0 Å². The molecule has 0 saturated heterocycles. The van der Waals surface area contributed by atoms with Gasteiger partial charge in [0.25, 0.3) is 0 Å². The molecule has 0 amide bonds. The van der Waals surface area contributed by atoms with Crippen LogP contribution < -0.4 is 4.74 Å². The molecule has 0 unspecified atom stereocenters. The van der Waals surface area contributed by atoms with Crippen LogP contribution >= 0.6 is 11.6 Å². The molecular weight excluding hydrogens is 260 g/mol. The smallest absolute Gasteiger partial charge is 0.171 e. The summed E-state index contributed by atoms with van der Waals surface area (Å²) >= 11 is 5.93. The van der Waals surface area contributed by atoms with E-state index in [0.29, 0.717) is 17.5 Å². The first-order valence-corrected chi connectivity index (χ1v) is 6.29. The molecule has 3 rings (SSSR count). The second-order valence-corrected chi connectivity index (χ2v) is 4.43. The molecule has 0 N–H and O–H groups in total. The number of ether oxygens (including phenoxy) is 1. The third-order valence-corrected chi connectivity index (χ3v) is 3.04. The summed E-state index contributed by atoms with van der Waals surface area (Å²) in [5, 5.41) is 1.48. The molecule has 0 aliphatic heterocycles. The average Bonchev–Trinajstić information content (AvgIpc) is 2.46. The second kappa shape index (κ2) is 5.24. The highest BCUT2D eigenvalue weighted by Gasteiger charge is 2.03. The number of para-hydroxylation sites is 1. The standard InChI is InChI=1S/C15H11ClN2O/c16-15-14(6-3-9-17-15)19-10-12-8-7-11-4-1-2-5-13(11)18-12/h1-9H,10H2. The van der Waals surface area contributed by atoms with E-state index in [1.54, 1.807) is 18.3 Å². The summed E-state index contributed by atoms with van der Waals surface area (Å²) < 4.78 is 5.61. The van der Waals surface area contributed by atoms with Crippen molar-refractivity contribution in [3.8, 4) is 5.75 Å². The number of fused-ring (bicyclic) bond motifs is 1. The van der Waals surface area contributed by atoms with E-state index in [2.05, 4.69) is 9.97 Å². The summed E-state index contributed by atoms with van der Waals surface area (Å²) in [5.41, 5.74) is 1.82. The molecule has 0 bridgehead atoms. The number of hydrogen-bond donors (Lipinski definition) is 0. The third-order valence-electron chi connectivity index (χ3n) is 2.76. The Hall–Kier alpha value is -2.13. The fraction of sp³-hybridized carbons (Fsp3) is 0.0667. The normalized spacial score (nSPS) is 10.6. The topological polar surface area (TPSA) is 35.0 Å². The first-order valence-electron chi connectivity index (χ1n) is 5.91. The highest BCUT2D eigenvalue weighted by molar-refractivity contribution is 6.30. The maximum atomic E-state index is 5.93. The Morgan fingerprint density at radius 1 is 1.00 bits per heavy atom. The molecule has 2 aromatic heterocycles. The van der Waals surface area contributed by atoms with Crippen molar-refractivity contribution in [1.29, 1.82) is 0 Å². The minimum atomic E-state index is 0.364. The van der Waals surface area contributed by atoms with Gasteiger partial charge in [0.1, 0.15) is 6.61 Å². The van der Waals surface area contributed by atoms with E-state index in [-0.39, 0.29) is 0 Å². The Morgan fingerprint density at radius 2 is 1.89 bits per heavy atom. The zero-order valence-electron chi connectivity index (χ0n) is 10.1. The quantitative estimate of drug-likeness (QED) is 0.678. The van der Waals surface area contributed by atoms with Crippen molar-refractivity contribution in [2.45, 2.75) is 6.61 Å². The van der Waals surface area contributed by atoms with Gasteiger partial charge in [0.15, 0.2) is 10.9 Å². The lowest BCUT2D eigenvalue weighted by atomic mass is 10.2. The van der Waals surface area contributed by atoms with Crippen LogP contribution in [0.2, 0.25) is 5.15 Å². The number of aromatic nitrogens is 2. The van der Waals surface area contributed by atoms with Crippen LogP contribution in [0.5, 0.6) is 5.75 Å². The van der Waals surface area contributed by atoms with Gasteiger partial charge in [0, 0.05) is 11.6 Å². The van der Waals surface area contributed by atoms with Crippen LogP contribution in [-0.4, -0.2) is 9.97 Å². The maximum Gasteiger partial charge on any atom is 0.171 e. The lowest BCUT2D eigenvalue weighted by molar-refractivity contribution is 0.301. The summed E-state index contributed by atoms with van der Waals surface area (Å²) in [5.74, 6) is 0.569. The van der Waals surface area contributed by atoms with Crippen LogP contribution in [0.4, 0.5) is 0 Å². The van der Waals surface area contributed by atoms with Gasteiger partial charge in [0.2, 0.25) is 0 Å². The first-order chi connectivity index (χ1) is 9.33. The Balaban J connectivity index is 1.80. The van der Waals surface area contributed by atoms with Gasteiger partial charge in [-0.3, -0.25) is 0 Å². The molecule has 19 heavy (non-hydrogen) atoms. The fourth-order valence-corrected chi connectivity index (χ4v) is 1.99. The molecule has 0 saturated carbocycles. The van der Waals surface area contributed by atoms with Crippen molar-refractivity contribution in [3.05, 3.63) is 65.6 Å². The molecule has 0 radical (unpaired) electrons. The van der Waals surface area contributed by atoms with E-state index < -0.39 is 0 Å². The summed E-state index contributed by atoms with van der Waals surface area (Å²) in [6.45, 7) is 0.371. The monoisotopic (exact) mass is 270 g/mol. The average molecular weight is 271 g/mol. The predicted molar refractivity (Wildman–Crippen MR) is 75.3 cm³/mol. The number of hydrogen-bond acceptors (Lipinski definition) is 3. The third kappa shape index (κ3) is 2.66. The Bertz CT molecular complexity index is 715. The molecular formula is C15H11ClN2O. The predicted octanol–water partition coefficient (Wildman–Crippen LogP) is 3.86. The van der Waals surface area contributed by atoms with Gasteiger partial charge < -0.3 is 4.74 Å². The van der Waals surface area contributed by atoms with Crippen molar-refractivity contribution in [1.82, 2.24) is 9.97 Å². The fourth-order valence-electron chi connectivity index (χ4n) is 1.82. The molecule has 0 fully saturated rings. The second-order valence-electron chi connectivity index (χ2n) is 4.08. The van der Waals surface area contributed by atoms with Crippen LogP contribution in [0.3, 0.4) is 0 Å². The van der Waals surface area contributed by atoms with E-state index >= 15 is 0 Å². The van der Waals surface area contributed by atoms with Gasteiger partial charge in [-0.1, -0.05) is 35.9 Å². The molecule has 1 aromatic carbocycles.